The first kappa shape index (κ1) is 24.3. The summed E-state index contributed by atoms with van der Waals surface area (Å²) >= 11 is 0. The van der Waals surface area contributed by atoms with Crippen LogP contribution in [0, 0.1) is 13.8 Å². The van der Waals surface area contributed by atoms with Crippen LogP contribution in [0.1, 0.15) is 57.9 Å². The molecule has 1 aliphatic carbocycles. The number of hydrogen-bond acceptors (Lipinski definition) is 4. The number of benzene rings is 3. The predicted octanol–water partition coefficient (Wildman–Crippen LogP) is 6.15. The van der Waals surface area contributed by atoms with Gasteiger partial charge in [0.1, 0.15) is 5.75 Å². The Hall–Kier alpha value is -4.39. The van der Waals surface area contributed by atoms with Crippen molar-refractivity contribution in [1.82, 2.24) is 15.1 Å². The minimum absolute atomic E-state index is 0.0269. The van der Waals surface area contributed by atoms with Crippen molar-refractivity contribution in [3.05, 3.63) is 101 Å². The molecule has 2 amide bonds. The molecule has 0 bridgehead atoms. The van der Waals surface area contributed by atoms with Gasteiger partial charge < -0.3 is 15.7 Å². The molecule has 1 aliphatic rings. The number of phenols is 1. The van der Waals surface area contributed by atoms with E-state index < -0.39 is 0 Å². The van der Waals surface area contributed by atoms with Crippen LogP contribution in [-0.4, -0.2) is 26.8 Å². The second kappa shape index (κ2) is 10.3. The van der Waals surface area contributed by atoms with Gasteiger partial charge in [0.05, 0.1) is 11.4 Å². The summed E-state index contributed by atoms with van der Waals surface area (Å²) < 4.78 is 1.43. The SMILES string of the molecule is Cc1ccccc1CNC(=O)n1nc(-c2cc(NC(=O)c3ccccc3C)ccc2O)cc1C1CCC1. The molecule has 0 atom stereocenters. The number of aromatic hydroxyl groups is 1. The maximum Gasteiger partial charge on any atom is 0.342 e. The number of hydrogen-bond donors (Lipinski definition) is 3. The second-order valence-electron chi connectivity index (χ2n) is 9.58. The molecule has 4 aromatic rings. The van der Waals surface area contributed by atoms with Gasteiger partial charge in [-0.2, -0.15) is 9.78 Å². The third-order valence-electron chi connectivity index (χ3n) is 7.06. The lowest BCUT2D eigenvalue weighted by Crippen LogP contribution is -2.31. The number of nitrogens with zero attached hydrogens (tertiary/aromatic N) is 2. The summed E-state index contributed by atoms with van der Waals surface area (Å²) in [5.74, 6) is 0.0431. The molecule has 1 aromatic heterocycles. The van der Waals surface area contributed by atoms with Crippen molar-refractivity contribution in [2.45, 2.75) is 45.6 Å². The van der Waals surface area contributed by atoms with Gasteiger partial charge in [-0.1, -0.05) is 48.9 Å². The van der Waals surface area contributed by atoms with Crippen LogP contribution in [0.3, 0.4) is 0 Å². The highest BCUT2D eigenvalue weighted by Gasteiger charge is 2.27. The topological polar surface area (TPSA) is 96.3 Å². The van der Waals surface area contributed by atoms with E-state index in [9.17, 15) is 14.7 Å². The Bertz CT molecular complexity index is 1470. The number of amides is 2. The zero-order chi connectivity index (χ0) is 25.9. The fourth-order valence-electron chi connectivity index (χ4n) is 4.58. The van der Waals surface area contributed by atoms with E-state index in [1.165, 1.54) is 10.7 Å². The van der Waals surface area contributed by atoms with E-state index in [1.807, 2.05) is 62.4 Å². The number of carbonyl (C=O) groups excluding carboxylic acids is 2. The number of anilines is 1. The number of phenolic OH excluding ortho intramolecular Hbond substituents is 1. The van der Waals surface area contributed by atoms with E-state index in [1.54, 1.807) is 18.2 Å². The van der Waals surface area contributed by atoms with Gasteiger partial charge in [-0.15, -0.1) is 0 Å². The Morgan fingerprint density at radius 1 is 0.973 bits per heavy atom. The Morgan fingerprint density at radius 3 is 2.41 bits per heavy atom. The van der Waals surface area contributed by atoms with Crippen molar-refractivity contribution >= 4 is 17.6 Å². The third kappa shape index (κ3) is 5.11. The maximum atomic E-state index is 13.2. The molecule has 1 saturated carbocycles. The highest BCUT2D eigenvalue weighted by Crippen LogP contribution is 2.39. The smallest absolute Gasteiger partial charge is 0.342 e. The van der Waals surface area contributed by atoms with Gasteiger partial charge in [-0.25, -0.2) is 4.79 Å². The Labute approximate surface area is 216 Å². The van der Waals surface area contributed by atoms with Crippen molar-refractivity contribution in [2.75, 3.05) is 5.32 Å². The van der Waals surface area contributed by atoms with Gasteiger partial charge in [0.15, 0.2) is 0 Å². The van der Waals surface area contributed by atoms with Crippen LogP contribution in [0.5, 0.6) is 5.75 Å². The molecule has 0 spiro atoms. The summed E-state index contributed by atoms with van der Waals surface area (Å²) in [5.41, 5.74) is 5.91. The summed E-state index contributed by atoms with van der Waals surface area (Å²) in [6, 6.07) is 21.7. The van der Waals surface area contributed by atoms with Gasteiger partial charge in [0.25, 0.3) is 5.91 Å². The van der Waals surface area contributed by atoms with E-state index in [4.69, 9.17) is 0 Å². The van der Waals surface area contributed by atoms with E-state index in [0.717, 1.165) is 41.6 Å². The van der Waals surface area contributed by atoms with Crippen LogP contribution in [0.15, 0.2) is 72.8 Å². The molecule has 5 rings (SSSR count). The molecule has 7 heteroatoms. The predicted molar refractivity (Wildman–Crippen MR) is 144 cm³/mol. The maximum absolute atomic E-state index is 13.2. The van der Waals surface area contributed by atoms with Crippen molar-refractivity contribution in [3.63, 3.8) is 0 Å². The van der Waals surface area contributed by atoms with Crippen molar-refractivity contribution in [1.29, 1.82) is 0 Å². The van der Waals surface area contributed by atoms with Gasteiger partial charge in [0, 0.05) is 29.3 Å². The van der Waals surface area contributed by atoms with Crippen molar-refractivity contribution in [3.8, 4) is 17.0 Å². The average molecular weight is 495 g/mol. The second-order valence-corrected chi connectivity index (χ2v) is 9.58. The van der Waals surface area contributed by atoms with Crippen LogP contribution in [-0.2, 0) is 6.54 Å². The average Bonchev–Trinajstić information content (AvgIpc) is 3.28. The minimum Gasteiger partial charge on any atom is -0.507 e. The van der Waals surface area contributed by atoms with Crippen LogP contribution < -0.4 is 10.6 Å². The number of aromatic nitrogens is 2. The lowest BCUT2D eigenvalue weighted by atomic mass is 9.82. The van der Waals surface area contributed by atoms with Gasteiger partial charge in [-0.05, 0) is 73.7 Å². The molecule has 188 valence electrons. The van der Waals surface area contributed by atoms with Crippen LogP contribution in [0.25, 0.3) is 11.3 Å². The zero-order valence-corrected chi connectivity index (χ0v) is 21.0. The van der Waals surface area contributed by atoms with E-state index >= 15 is 0 Å². The lowest BCUT2D eigenvalue weighted by Gasteiger charge is -2.25. The Kier molecular flexibility index (Phi) is 6.77. The van der Waals surface area contributed by atoms with Crippen LogP contribution >= 0.6 is 0 Å². The van der Waals surface area contributed by atoms with Crippen molar-refractivity contribution < 1.29 is 14.7 Å². The minimum atomic E-state index is -0.306. The molecular weight excluding hydrogens is 464 g/mol. The largest absolute Gasteiger partial charge is 0.507 e. The first-order valence-corrected chi connectivity index (χ1v) is 12.5. The summed E-state index contributed by atoms with van der Waals surface area (Å²) in [7, 11) is 0. The van der Waals surface area contributed by atoms with E-state index in [2.05, 4.69) is 15.7 Å². The number of nitrogens with one attached hydrogen (secondary N) is 2. The zero-order valence-electron chi connectivity index (χ0n) is 21.0. The molecule has 37 heavy (non-hydrogen) atoms. The molecule has 1 heterocycles. The Morgan fingerprint density at radius 2 is 1.70 bits per heavy atom. The molecule has 1 fully saturated rings. The van der Waals surface area contributed by atoms with Crippen molar-refractivity contribution in [2.24, 2.45) is 0 Å². The summed E-state index contributed by atoms with van der Waals surface area (Å²) in [5, 5.41) is 21.1. The third-order valence-corrected chi connectivity index (χ3v) is 7.06. The molecule has 3 N–H and O–H groups in total. The molecule has 7 nitrogen and oxygen atoms in total. The lowest BCUT2D eigenvalue weighted by molar-refractivity contribution is 0.102. The number of rotatable bonds is 6. The van der Waals surface area contributed by atoms with Gasteiger partial charge in [-0.3, -0.25) is 4.79 Å². The number of aryl methyl sites for hydroxylation is 2. The Balaban J connectivity index is 1.42. The fraction of sp³-hybridized carbons (Fsp3) is 0.233. The monoisotopic (exact) mass is 494 g/mol. The first-order valence-electron chi connectivity index (χ1n) is 12.5. The van der Waals surface area contributed by atoms with E-state index in [-0.39, 0.29) is 23.6 Å². The van der Waals surface area contributed by atoms with Crippen LogP contribution in [0.4, 0.5) is 10.5 Å². The summed E-state index contributed by atoms with van der Waals surface area (Å²) in [6.07, 6.45) is 3.10. The molecule has 0 radical (unpaired) electrons. The summed E-state index contributed by atoms with van der Waals surface area (Å²) in [4.78, 5) is 26.0. The molecular formula is C30H30N4O3. The fourth-order valence-corrected chi connectivity index (χ4v) is 4.58. The van der Waals surface area contributed by atoms with Gasteiger partial charge in [0.2, 0.25) is 0 Å². The standard InChI is InChI=1S/C30H30N4O3/c1-19-8-3-5-10-22(19)18-31-30(37)34-27(21-11-7-12-21)17-26(33-34)25-16-23(14-15-28(25)35)32-29(36)24-13-6-4-9-20(24)2/h3-6,8-10,13-17,21,35H,7,11-12,18H2,1-2H3,(H,31,37)(H,32,36). The number of carbonyl (C=O) groups is 2. The highest BCUT2D eigenvalue weighted by molar-refractivity contribution is 6.05. The van der Waals surface area contributed by atoms with Gasteiger partial charge >= 0.3 is 6.03 Å². The summed E-state index contributed by atoms with van der Waals surface area (Å²) in [6.45, 7) is 4.30. The molecule has 3 aromatic carbocycles. The molecule has 0 saturated heterocycles. The first-order chi connectivity index (χ1) is 17.9. The normalized spacial score (nSPS) is 13.1. The quantitative estimate of drug-likeness (QED) is 0.280. The molecule has 0 unspecified atom stereocenters. The van der Waals surface area contributed by atoms with E-state index in [0.29, 0.717) is 29.1 Å². The molecule has 0 aliphatic heterocycles. The highest BCUT2D eigenvalue weighted by atomic mass is 16.3. The van der Waals surface area contributed by atoms with Crippen LogP contribution in [0.2, 0.25) is 0 Å².